The van der Waals surface area contributed by atoms with Gasteiger partial charge >= 0.3 is 0 Å². The Bertz CT molecular complexity index is 1110. The van der Waals surface area contributed by atoms with Gasteiger partial charge in [-0.2, -0.15) is 0 Å². The van der Waals surface area contributed by atoms with E-state index in [0.29, 0.717) is 32.7 Å². The smallest absolute Gasteiger partial charge is 0.260 e. The fraction of sp³-hybridized carbons (Fsp3) is 0.273. The van der Waals surface area contributed by atoms with E-state index in [1.807, 2.05) is 0 Å². The molecular weight excluding hydrogens is 427 g/mol. The molecule has 1 saturated heterocycles. The molecule has 8 heteroatoms. The van der Waals surface area contributed by atoms with Gasteiger partial charge in [0, 0.05) is 27.2 Å². The van der Waals surface area contributed by atoms with Gasteiger partial charge in [-0.25, -0.2) is 0 Å². The highest BCUT2D eigenvalue weighted by atomic mass is 35.5. The van der Waals surface area contributed by atoms with Gasteiger partial charge in [0.2, 0.25) is 0 Å². The number of ether oxygens (including phenoxy) is 1. The lowest BCUT2D eigenvalue weighted by Crippen LogP contribution is -2.48. The fourth-order valence-electron chi connectivity index (χ4n) is 4.22. The number of allylic oxidation sites excluding steroid dienone is 1. The molecule has 2 aromatic carbocycles. The molecule has 2 aromatic rings. The Hall–Kier alpha value is -2.70. The number of aliphatic hydroxyl groups excluding tert-OH is 1. The monoisotopic (exact) mass is 446 g/mol. The second-order valence-electron chi connectivity index (χ2n) is 7.59. The fourth-order valence-corrected chi connectivity index (χ4v) is 4.56. The van der Waals surface area contributed by atoms with Crippen LogP contribution in [0.25, 0.3) is 0 Å². The minimum Gasteiger partial charge on any atom is -0.512 e. The van der Waals surface area contributed by atoms with Crippen LogP contribution in [0.5, 0.6) is 5.75 Å². The topological polar surface area (TPSA) is 78.9 Å². The van der Waals surface area contributed by atoms with E-state index in [1.54, 1.807) is 55.1 Å². The number of Topliss-reactive ketones (excluding diaryl/α,β-unsaturated/α-hetero) is 1. The van der Waals surface area contributed by atoms with Crippen LogP contribution in [0.2, 0.25) is 10.0 Å². The van der Waals surface area contributed by atoms with Gasteiger partial charge in [0.25, 0.3) is 5.91 Å². The maximum atomic E-state index is 13.6. The van der Waals surface area contributed by atoms with E-state index in [9.17, 15) is 14.7 Å². The van der Waals surface area contributed by atoms with Crippen molar-refractivity contribution in [3.05, 3.63) is 63.3 Å². The first kappa shape index (κ1) is 20.6. The number of methoxy groups -OCH3 is 1. The normalized spacial score (nSPS) is 22.0. The van der Waals surface area contributed by atoms with Gasteiger partial charge in [0.05, 0.1) is 24.9 Å². The van der Waals surface area contributed by atoms with Crippen LogP contribution in [0, 0.1) is 5.92 Å². The lowest BCUT2D eigenvalue weighted by Gasteiger charge is -2.36. The third-order valence-electron chi connectivity index (χ3n) is 5.53. The van der Waals surface area contributed by atoms with Crippen LogP contribution in [-0.2, 0) is 15.1 Å². The van der Waals surface area contributed by atoms with Crippen molar-refractivity contribution < 1.29 is 19.4 Å². The minimum atomic E-state index is -1.57. The van der Waals surface area contributed by atoms with E-state index in [1.165, 1.54) is 7.11 Å². The molecular formula is C22H20Cl2N2O4. The van der Waals surface area contributed by atoms with E-state index in [2.05, 4.69) is 5.32 Å². The molecule has 0 bridgehead atoms. The van der Waals surface area contributed by atoms with Crippen molar-refractivity contribution in [1.29, 1.82) is 0 Å². The summed E-state index contributed by atoms with van der Waals surface area (Å²) >= 11 is 12.4. The molecule has 1 amide bonds. The summed E-state index contributed by atoms with van der Waals surface area (Å²) in [5.74, 6) is -0.823. The molecule has 0 aliphatic carbocycles. The number of benzene rings is 2. The SMILES string of the molecule is COc1ccc(Cl)cc1N1CC(=O)C(=C(O)C(C)C)C12C(=O)Nc1cc(Cl)ccc12. The van der Waals surface area contributed by atoms with E-state index < -0.39 is 11.4 Å². The van der Waals surface area contributed by atoms with Crippen molar-refractivity contribution in [3.8, 4) is 5.75 Å². The first-order valence-electron chi connectivity index (χ1n) is 9.41. The van der Waals surface area contributed by atoms with Crippen molar-refractivity contribution in [2.24, 2.45) is 5.92 Å². The maximum Gasteiger partial charge on any atom is 0.260 e. The molecule has 2 aliphatic heterocycles. The van der Waals surface area contributed by atoms with E-state index in [4.69, 9.17) is 27.9 Å². The zero-order valence-corrected chi connectivity index (χ0v) is 18.1. The zero-order chi connectivity index (χ0) is 21.8. The van der Waals surface area contributed by atoms with Crippen LogP contribution in [0.15, 0.2) is 47.7 Å². The first-order chi connectivity index (χ1) is 14.2. The maximum absolute atomic E-state index is 13.6. The molecule has 0 saturated carbocycles. The van der Waals surface area contributed by atoms with Gasteiger partial charge < -0.3 is 20.1 Å². The Morgan fingerprint density at radius 2 is 1.83 bits per heavy atom. The summed E-state index contributed by atoms with van der Waals surface area (Å²) in [7, 11) is 1.50. The number of hydrogen-bond donors (Lipinski definition) is 2. The predicted molar refractivity (Wildman–Crippen MR) is 117 cm³/mol. The number of carbonyl (C=O) groups excluding carboxylic acids is 2. The largest absolute Gasteiger partial charge is 0.512 e. The third-order valence-corrected chi connectivity index (χ3v) is 6.00. The molecule has 1 spiro atoms. The molecule has 1 unspecified atom stereocenters. The Kier molecular flexibility index (Phi) is 4.95. The number of amides is 1. The molecule has 2 aliphatic rings. The third kappa shape index (κ3) is 2.78. The molecule has 1 atom stereocenters. The molecule has 30 heavy (non-hydrogen) atoms. The van der Waals surface area contributed by atoms with Crippen molar-refractivity contribution in [2.75, 3.05) is 23.9 Å². The second-order valence-corrected chi connectivity index (χ2v) is 8.47. The molecule has 2 N–H and O–H groups in total. The molecule has 6 nitrogen and oxygen atoms in total. The number of ketones is 1. The zero-order valence-electron chi connectivity index (χ0n) is 16.6. The Balaban J connectivity index is 2.09. The molecule has 2 heterocycles. The first-order valence-corrected chi connectivity index (χ1v) is 10.2. The van der Waals surface area contributed by atoms with Gasteiger partial charge in [-0.1, -0.05) is 43.1 Å². The van der Waals surface area contributed by atoms with Crippen molar-refractivity contribution in [2.45, 2.75) is 19.4 Å². The van der Waals surface area contributed by atoms with Crippen molar-refractivity contribution >= 4 is 46.3 Å². The molecule has 156 valence electrons. The number of nitrogens with zero attached hydrogens (tertiary/aromatic N) is 1. The molecule has 4 rings (SSSR count). The minimum absolute atomic E-state index is 0.0538. The summed E-state index contributed by atoms with van der Waals surface area (Å²) < 4.78 is 5.49. The van der Waals surface area contributed by atoms with Crippen LogP contribution in [0.1, 0.15) is 19.4 Å². The van der Waals surface area contributed by atoms with Crippen LogP contribution < -0.4 is 15.0 Å². The average molecular weight is 447 g/mol. The highest BCUT2D eigenvalue weighted by molar-refractivity contribution is 6.32. The van der Waals surface area contributed by atoms with E-state index >= 15 is 0 Å². The lowest BCUT2D eigenvalue weighted by atomic mass is 9.81. The van der Waals surface area contributed by atoms with Gasteiger partial charge in [-0.3, -0.25) is 9.59 Å². The number of fused-ring (bicyclic) bond motifs is 2. The van der Waals surface area contributed by atoms with Gasteiger partial charge in [-0.05, 0) is 30.3 Å². The summed E-state index contributed by atoms with van der Waals surface area (Å²) in [6.07, 6.45) is 0. The Labute approximate surface area is 184 Å². The number of anilines is 2. The summed E-state index contributed by atoms with van der Waals surface area (Å²) in [6, 6.07) is 9.97. The standard InChI is InChI=1S/C22H20Cl2N2O4/c1-11(2)20(28)19-17(27)10-26(16-9-13(24)5-7-18(16)30-3)22(19)14-6-4-12(23)8-15(14)25-21(22)29/h4-9,11,28H,10H2,1-3H3,(H,25,29). The summed E-state index contributed by atoms with van der Waals surface area (Å²) in [4.78, 5) is 28.4. The number of hydrogen-bond acceptors (Lipinski definition) is 5. The van der Waals surface area contributed by atoms with E-state index in [-0.39, 0.29) is 29.6 Å². The molecule has 1 fully saturated rings. The Morgan fingerprint density at radius 1 is 1.17 bits per heavy atom. The van der Waals surface area contributed by atoms with Crippen LogP contribution >= 0.6 is 23.2 Å². The number of carbonyl (C=O) groups is 2. The van der Waals surface area contributed by atoms with Crippen LogP contribution in [-0.4, -0.2) is 30.5 Å². The summed E-state index contributed by atoms with van der Waals surface area (Å²) in [5, 5.41) is 14.6. The molecule has 0 aromatic heterocycles. The Morgan fingerprint density at radius 3 is 2.50 bits per heavy atom. The quantitative estimate of drug-likeness (QED) is 0.527. The van der Waals surface area contributed by atoms with Crippen molar-refractivity contribution in [3.63, 3.8) is 0 Å². The molecule has 0 radical (unpaired) electrons. The van der Waals surface area contributed by atoms with Gasteiger partial charge in [0.15, 0.2) is 11.3 Å². The second kappa shape index (κ2) is 7.22. The predicted octanol–water partition coefficient (Wildman–Crippen LogP) is 4.71. The average Bonchev–Trinajstić information content (AvgIpc) is 3.15. The number of nitrogens with one attached hydrogen (secondary N) is 1. The van der Waals surface area contributed by atoms with Gasteiger partial charge in [0.1, 0.15) is 11.5 Å². The summed E-state index contributed by atoms with van der Waals surface area (Å²) in [5.41, 5.74) is -0.0151. The summed E-state index contributed by atoms with van der Waals surface area (Å²) in [6.45, 7) is 3.40. The lowest BCUT2D eigenvalue weighted by molar-refractivity contribution is -0.120. The van der Waals surface area contributed by atoms with Gasteiger partial charge in [-0.15, -0.1) is 0 Å². The van der Waals surface area contributed by atoms with E-state index in [0.717, 1.165) is 0 Å². The van der Waals surface area contributed by atoms with Crippen LogP contribution in [0.4, 0.5) is 11.4 Å². The number of rotatable bonds is 3. The van der Waals surface area contributed by atoms with Crippen LogP contribution in [0.3, 0.4) is 0 Å². The highest BCUT2D eigenvalue weighted by Gasteiger charge is 2.62. The highest BCUT2D eigenvalue weighted by Crippen LogP contribution is 2.54. The van der Waals surface area contributed by atoms with Crippen molar-refractivity contribution in [1.82, 2.24) is 0 Å². The number of halogens is 2. The number of aliphatic hydroxyl groups is 1.